The molecule has 2 atom stereocenters. The van der Waals surface area contributed by atoms with Crippen LogP contribution in [0.4, 0.5) is 0 Å². The number of aliphatic carboxylic acids is 1. The van der Waals surface area contributed by atoms with Crippen LogP contribution in [-0.4, -0.2) is 75.7 Å². The van der Waals surface area contributed by atoms with Gasteiger partial charge in [-0.1, -0.05) is 6.92 Å². The van der Waals surface area contributed by atoms with Crippen molar-refractivity contribution >= 4 is 59.1 Å². The molecule has 2 heterocycles. The summed E-state index contributed by atoms with van der Waals surface area (Å²) < 4.78 is 0. The Hall–Kier alpha value is -0.500. The Balaban J connectivity index is 0.00000220. The van der Waals surface area contributed by atoms with Gasteiger partial charge in [0.05, 0.1) is 12.0 Å². The number of thioether (sulfide) groups is 1. The third-order valence-corrected chi connectivity index (χ3v) is 4.76. The fraction of sp³-hybridized carbons (Fsp3) is 0.615. The Morgan fingerprint density at radius 1 is 1.48 bits per heavy atom. The predicted molar refractivity (Wildman–Crippen MR) is 82.0 cm³/mol. The van der Waals surface area contributed by atoms with Crippen LogP contribution in [0, 0.1) is 5.92 Å². The Labute approximate surface area is 150 Å². The fourth-order valence-electron chi connectivity index (χ4n) is 2.73. The summed E-state index contributed by atoms with van der Waals surface area (Å²) in [6.45, 7) is 3.88. The van der Waals surface area contributed by atoms with Crippen LogP contribution in [0.5, 0.6) is 0 Å². The van der Waals surface area contributed by atoms with Crippen LogP contribution in [0.1, 0.15) is 26.7 Å². The molecule has 21 heavy (non-hydrogen) atoms. The number of carboxylic acids is 1. The number of β-lactam (4-membered cyclic amide) rings is 1. The molecule has 0 bridgehead atoms. The predicted octanol–water partition coefficient (Wildman–Crippen LogP) is 0.144. The summed E-state index contributed by atoms with van der Waals surface area (Å²) in [6, 6.07) is 0.0156. The molecule has 0 saturated carbocycles. The molecule has 1 saturated heterocycles. The Kier molecular flexibility index (Phi) is 6.77. The van der Waals surface area contributed by atoms with E-state index in [1.807, 2.05) is 6.92 Å². The summed E-state index contributed by atoms with van der Waals surface area (Å²) in [5.41, 5.74) is 0.137. The van der Waals surface area contributed by atoms with Crippen molar-refractivity contribution in [2.24, 2.45) is 5.92 Å². The average Bonchev–Trinajstić information content (AvgIpc) is 2.70. The number of carbonyl (C=O) groups is 3. The standard InChI is InChI=1S/C13H18N2O4S.Na.H/c1-3-8-9-6-10(20-5-4-14-7(2)16)11(13(18)19)15(9)12(8)17;;/h8-9H,3-6H2,1-2H3,(H,14,16)(H,18,19);;. The van der Waals surface area contributed by atoms with Crippen LogP contribution < -0.4 is 5.32 Å². The van der Waals surface area contributed by atoms with Crippen molar-refractivity contribution in [1.29, 1.82) is 0 Å². The van der Waals surface area contributed by atoms with Crippen molar-refractivity contribution in [2.75, 3.05) is 12.3 Å². The SMILES string of the molecule is CCC1C(=O)N2C(C(=O)O)=C(SCCNC(C)=O)CC12.[NaH]. The molecule has 6 nitrogen and oxygen atoms in total. The van der Waals surface area contributed by atoms with E-state index in [9.17, 15) is 19.5 Å². The van der Waals surface area contributed by atoms with Gasteiger partial charge >= 0.3 is 35.5 Å². The number of carboxylic acid groups (broad SMARTS) is 1. The van der Waals surface area contributed by atoms with E-state index in [0.717, 1.165) is 11.3 Å². The van der Waals surface area contributed by atoms with E-state index in [1.165, 1.54) is 23.6 Å². The second-order valence-electron chi connectivity index (χ2n) is 4.90. The van der Waals surface area contributed by atoms with E-state index in [4.69, 9.17) is 0 Å². The van der Waals surface area contributed by atoms with Gasteiger partial charge in [-0.05, 0) is 6.42 Å². The minimum absolute atomic E-state index is 0. The van der Waals surface area contributed by atoms with Crippen molar-refractivity contribution < 1.29 is 19.5 Å². The molecule has 8 heteroatoms. The zero-order chi connectivity index (χ0) is 14.9. The summed E-state index contributed by atoms with van der Waals surface area (Å²) in [4.78, 5) is 36.2. The van der Waals surface area contributed by atoms with Crippen molar-refractivity contribution in [3.05, 3.63) is 10.6 Å². The molecule has 0 aromatic rings. The topological polar surface area (TPSA) is 86.7 Å². The maximum absolute atomic E-state index is 11.9. The third-order valence-electron chi connectivity index (χ3n) is 3.64. The molecule has 2 rings (SSSR count). The normalized spacial score (nSPS) is 23.3. The van der Waals surface area contributed by atoms with Gasteiger partial charge in [0.1, 0.15) is 5.70 Å². The summed E-state index contributed by atoms with van der Waals surface area (Å²) in [5.74, 6) is -0.658. The first-order chi connectivity index (χ1) is 9.47. The van der Waals surface area contributed by atoms with Crippen LogP contribution in [-0.2, 0) is 14.4 Å². The molecule has 2 unspecified atom stereocenters. The molecule has 0 aliphatic carbocycles. The molecule has 1 fully saturated rings. The van der Waals surface area contributed by atoms with Gasteiger partial charge in [-0.15, -0.1) is 11.8 Å². The van der Waals surface area contributed by atoms with Crippen molar-refractivity contribution in [3.63, 3.8) is 0 Å². The first kappa shape index (κ1) is 18.5. The van der Waals surface area contributed by atoms with E-state index >= 15 is 0 Å². The summed E-state index contributed by atoms with van der Waals surface area (Å²) in [7, 11) is 0. The molecule has 2 N–H and O–H groups in total. The molecule has 112 valence electrons. The Bertz CT molecular complexity index is 495. The van der Waals surface area contributed by atoms with Gasteiger partial charge < -0.3 is 15.3 Å². The van der Waals surface area contributed by atoms with Gasteiger partial charge in [-0.25, -0.2) is 4.79 Å². The van der Waals surface area contributed by atoms with Crippen molar-refractivity contribution in [3.8, 4) is 0 Å². The van der Waals surface area contributed by atoms with Gasteiger partial charge in [0, 0.05) is 30.5 Å². The molecule has 2 amide bonds. The van der Waals surface area contributed by atoms with E-state index in [2.05, 4.69) is 5.32 Å². The monoisotopic (exact) mass is 322 g/mol. The average molecular weight is 322 g/mol. The molecule has 0 radical (unpaired) electrons. The second kappa shape index (κ2) is 7.67. The molecule has 0 spiro atoms. The first-order valence-electron chi connectivity index (χ1n) is 6.64. The maximum atomic E-state index is 11.9. The molecule has 2 aliphatic heterocycles. The van der Waals surface area contributed by atoms with Crippen molar-refractivity contribution in [1.82, 2.24) is 10.2 Å². The van der Waals surface area contributed by atoms with E-state index < -0.39 is 5.97 Å². The fourth-order valence-corrected chi connectivity index (χ4v) is 3.79. The summed E-state index contributed by atoms with van der Waals surface area (Å²) in [5, 5.41) is 12.0. The molecular formula is C13H19N2NaO4S. The number of rotatable bonds is 6. The first-order valence-corrected chi connectivity index (χ1v) is 7.62. The van der Waals surface area contributed by atoms with Gasteiger partial charge in [0.2, 0.25) is 11.8 Å². The van der Waals surface area contributed by atoms with Crippen LogP contribution in [0.15, 0.2) is 10.6 Å². The summed E-state index contributed by atoms with van der Waals surface area (Å²) >= 11 is 1.41. The Morgan fingerprint density at radius 3 is 2.67 bits per heavy atom. The van der Waals surface area contributed by atoms with E-state index in [0.29, 0.717) is 18.7 Å². The molecular weight excluding hydrogens is 303 g/mol. The molecule has 0 aromatic carbocycles. The molecule has 2 aliphatic rings. The number of nitrogens with zero attached hydrogens (tertiary/aromatic N) is 1. The van der Waals surface area contributed by atoms with Gasteiger partial charge in [0.25, 0.3) is 0 Å². The van der Waals surface area contributed by atoms with E-state index in [-0.39, 0.29) is 59.0 Å². The minimum atomic E-state index is -1.04. The van der Waals surface area contributed by atoms with Gasteiger partial charge in [0.15, 0.2) is 0 Å². The van der Waals surface area contributed by atoms with Gasteiger partial charge in [-0.2, -0.15) is 0 Å². The zero-order valence-corrected chi connectivity index (χ0v) is 12.3. The molecule has 0 aromatic heterocycles. The number of hydrogen-bond acceptors (Lipinski definition) is 4. The van der Waals surface area contributed by atoms with Crippen LogP contribution in [0.2, 0.25) is 0 Å². The van der Waals surface area contributed by atoms with Crippen LogP contribution in [0.3, 0.4) is 0 Å². The number of nitrogens with one attached hydrogen (secondary N) is 1. The number of amides is 2. The number of fused-ring (bicyclic) bond motifs is 1. The quantitative estimate of drug-likeness (QED) is 0.413. The second-order valence-corrected chi connectivity index (χ2v) is 6.09. The number of hydrogen-bond donors (Lipinski definition) is 2. The third kappa shape index (κ3) is 3.64. The van der Waals surface area contributed by atoms with Crippen molar-refractivity contribution in [2.45, 2.75) is 32.7 Å². The number of carbonyl (C=O) groups excluding carboxylic acids is 2. The van der Waals surface area contributed by atoms with Crippen LogP contribution in [0.25, 0.3) is 0 Å². The van der Waals surface area contributed by atoms with Crippen LogP contribution >= 0.6 is 11.8 Å². The zero-order valence-electron chi connectivity index (χ0n) is 11.5. The summed E-state index contributed by atoms with van der Waals surface area (Å²) in [6.07, 6.45) is 1.37. The Morgan fingerprint density at radius 2 is 2.14 bits per heavy atom. The van der Waals surface area contributed by atoms with E-state index in [1.54, 1.807) is 0 Å². The van der Waals surface area contributed by atoms with Gasteiger partial charge in [-0.3, -0.25) is 9.59 Å².